The molecular weight excluding hydrogens is 294 g/mol. The minimum Gasteiger partial charge on any atom is -0.375 e. The van der Waals surface area contributed by atoms with E-state index in [0.29, 0.717) is 43.1 Å². The number of methoxy groups -OCH3 is 1. The number of aromatic nitrogens is 2. The summed E-state index contributed by atoms with van der Waals surface area (Å²) >= 11 is 0. The number of carbonyl (C=O) groups is 1. The van der Waals surface area contributed by atoms with Gasteiger partial charge >= 0.3 is 0 Å². The number of carbonyl (C=O) groups excluding carboxylic acids is 1. The molecule has 2 aliphatic rings. The van der Waals surface area contributed by atoms with Crippen molar-refractivity contribution in [2.75, 3.05) is 20.2 Å². The first kappa shape index (κ1) is 16.4. The highest BCUT2D eigenvalue weighted by molar-refractivity contribution is 5.76. The highest BCUT2D eigenvalue weighted by Gasteiger charge is 2.38. The zero-order valence-corrected chi connectivity index (χ0v) is 14.2. The van der Waals surface area contributed by atoms with E-state index >= 15 is 0 Å². The van der Waals surface area contributed by atoms with E-state index in [-0.39, 0.29) is 5.41 Å². The van der Waals surface area contributed by atoms with Gasteiger partial charge in [0.25, 0.3) is 5.89 Å². The number of rotatable bonds is 5. The van der Waals surface area contributed by atoms with E-state index in [0.717, 1.165) is 19.4 Å². The fraction of sp³-hybridized carbons (Fsp3) is 0.824. The Balaban J connectivity index is 1.64. The van der Waals surface area contributed by atoms with Crippen molar-refractivity contribution in [2.45, 2.75) is 63.9 Å². The minimum atomic E-state index is -0.223. The molecule has 0 spiro atoms. The van der Waals surface area contributed by atoms with Crippen LogP contribution in [0.15, 0.2) is 4.52 Å². The summed E-state index contributed by atoms with van der Waals surface area (Å²) < 4.78 is 10.3. The van der Waals surface area contributed by atoms with Gasteiger partial charge < -0.3 is 14.2 Å². The number of amides is 1. The molecule has 0 radical (unpaired) electrons. The molecule has 1 aromatic heterocycles. The third-order valence-electron chi connectivity index (χ3n) is 5.26. The SMILES string of the molecule is COCc1nc(C2(C)CCCN(C(=O)CC3CCCC3)C2)no1. The lowest BCUT2D eigenvalue weighted by molar-refractivity contribution is -0.134. The summed E-state index contributed by atoms with van der Waals surface area (Å²) in [5.41, 5.74) is -0.223. The van der Waals surface area contributed by atoms with E-state index < -0.39 is 0 Å². The lowest BCUT2D eigenvalue weighted by Crippen LogP contribution is -2.47. The first-order valence-corrected chi connectivity index (χ1v) is 8.70. The molecule has 0 N–H and O–H groups in total. The molecule has 2 heterocycles. The van der Waals surface area contributed by atoms with Crippen molar-refractivity contribution in [1.29, 1.82) is 0 Å². The molecule has 1 saturated carbocycles. The number of hydrogen-bond acceptors (Lipinski definition) is 5. The van der Waals surface area contributed by atoms with Crippen LogP contribution >= 0.6 is 0 Å². The van der Waals surface area contributed by atoms with E-state index in [1.807, 2.05) is 4.90 Å². The molecule has 0 aromatic carbocycles. The van der Waals surface area contributed by atoms with Gasteiger partial charge in [0.2, 0.25) is 5.91 Å². The van der Waals surface area contributed by atoms with Gasteiger partial charge in [-0.15, -0.1) is 0 Å². The van der Waals surface area contributed by atoms with Crippen molar-refractivity contribution in [3.63, 3.8) is 0 Å². The molecule has 1 aliphatic heterocycles. The average molecular weight is 321 g/mol. The van der Waals surface area contributed by atoms with Gasteiger partial charge in [-0.05, 0) is 31.6 Å². The van der Waals surface area contributed by atoms with Gasteiger partial charge in [-0.1, -0.05) is 24.9 Å². The van der Waals surface area contributed by atoms with Crippen molar-refractivity contribution >= 4 is 5.91 Å². The highest BCUT2D eigenvalue weighted by Crippen LogP contribution is 2.34. The van der Waals surface area contributed by atoms with E-state index in [9.17, 15) is 4.79 Å². The summed E-state index contributed by atoms with van der Waals surface area (Å²) in [5, 5.41) is 4.12. The van der Waals surface area contributed by atoms with Crippen LogP contribution in [0.25, 0.3) is 0 Å². The van der Waals surface area contributed by atoms with Gasteiger partial charge in [-0.3, -0.25) is 4.79 Å². The smallest absolute Gasteiger partial charge is 0.252 e. The van der Waals surface area contributed by atoms with Crippen LogP contribution in [0, 0.1) is 5.92 Å². The Morgan fingerprint density at radius 1 is 1.39 bits per heavy atom. The maximum atomic E-state index is 12.6. The summed E-state index contributed by atoms with van der Waals surface area (Å²) in [7, 11) is 1.61. The lowest BCUT2D eigenvalue weighted by atomic mass is 9.81. The third kappa shape index (κ3) is 3.74. The quantitative estimate of drug-likeness (QED) is 0.834. The maximum Gasteiger partial charge on any atom is 0.252 e. The zero-order valence-electron chi connectivity index (χ0n) is 14.2. The van der Waals surface area contributed by atoms with E-state index in [1.165, 1.54) is 25.7 Å². The van der Waals surface area contributed by atoms with Crippen LogP contribution in [-0.2, 0) is 21.6 Å². The van der Waals surface area contributed by atoms with Crippen LogP contribution in [-0.4, -0.2) is 41.1 Å². The number of likely N-dealkylation sites (tertiary alicyclic amines) is 1. The summed E-state index contributed by atoms with van der Waals surface area (Å²) in [6.07, 6.45) is 7.65. The number of nitrogens with zero attached hydrogens (tertiary/aromatic N) is 3. The van der Waals surface area contributed by atoms with Gasteiger partial charge in [0.15, 0.2) is 5.82 Å². The molecule has 1 unspecified atom stereocenters. The molecule has 0 bridgehead atoms. The fourth-order valence-corrected chi connectivity index (χ4v) is 3.91. The third-order valence-corrected chi connectivity index (χ3v) is 5.26. The molecule has 23 heavy (non-hydrogen) atoms. The van der Waals surface area contributed by atoms with Gasteiger partial charge in [-0.25, -0.2) is 0 Å². The molecular formula is C17H27N3O3. The summed E-state index contributed by atoms with van der Waals surface area (Å²) in [6, 6.07) is 0. The number of piperidine rings is 1. The predicted octanol–water partition coefficient (Wildman–Crippen LogP) is 2.68. The lowest BCUT2D eigenvalue weighted by Gasteiger charge is -2.38. The Bertz CT molecular complexity index is 539. The maximum absolute atomic E-state index is 12.6. The Morgan fingerprint density at radius 2 is 2.17 bits per heavy atom. The second kappa shape index (κ2) is 6.99. The molecule has 1 amide bonds. The molecule has 1 saturated heterocycles. The fourth-order valence-electron chi connectivity index (χ4n) is 3.91. The van der Waals surface area contributed by atoms with E-state index in [4.69, 9.17) is 9.26 Å². The van der Waals surface area contributed by atoms with Crippen LogP contribution in [0.3, 0.4) is 0 Å². The Labute approximate surface area is 137 Å². The number of hydrogen-bond donors (Lipinski definition) is 0. The molecule has 1 aromatic rings. The van der Waals surface area contributed by atoms with Crippen molar-refractivity contribution < 1.29 is 14.1 Å². The molecule has 128 valence electrons. The molecule has 6 heteroatoms. The number of ether oxygens (including phenoxy) is 1. The van der Waals surface area contributed by atoms with E-state index in [2.05, 4.69) is 17.1 Å². The normalized spacial score (nSPS) is 25.9. The second-order valence-electron chi connectivity index (χ2n) is 7.28. The van der Waals surface area contributed by atoms with Crippen LogP contribution < -0.4 is 0 Å². The van der Waals surface area contributed by atoms with Crippen molar-refractivity contribution in [1.82, 2.24) is 15.0 Å². The van der Waals surface area contributed by atoms with Crippen molar-refractivity contribution in [3.05, 3.63) is 11.7 Å². The van der Waals surface area contributed by atoms with Crippen LogP contribution in [0.2, 0.25) is 0 Å². The van der Waals surface area contributed by atoms with Crippen molar-refractivity contribution in [2.24, 2.45) is 5.92 Å². The monoisotopic (exact) mass is 321 g/mol. The van der Waals surface area contributed by atoms with Crippen LogP contribution in [0.1, 0.15) is 63.6 Å². The molecule has 3 rings (SSSR count). The zero-order chi connectivity index (χ0) is 16.3. The Kier molecular flexibility index (Phi) is 4.99. The first-order valence-electron chi connectivity index (χ1n) is 8.70. The Hall–Kier alpha value is -1.43. The summed E-state index contributed by atoms with van der Waals surface area (Å²) in [4.78, 5) is 19.1. The molecule has 2 fully saturated rings. The largest absolute Gasteiger partial charge is 0.375 e. The first-order chi connectivity index (χ1) is 11.1. The minimum absolute atomic E-state index is 0.223. The van der Waals surface area contributed by atoms with Gasteiger partial charge in [0.05, 0.1) is 0 Å². The average Bonchev–Trinajstić information content (AvgIpc) is 3.20. The topological polar surface area (TPSA) is 68.5 Å². The summed E-state index contributed by atoms with van der Waals surface area (Å²) in [6.45, 7) is 3.99. The predicted molar refractivity (Wildman–Crippen MR) is 84.8 cm³/mol. The van der Waals surface area contributed by atoms with Crippen molar-refractivity contribution in [3.8, 4) is 0 Å². The molecule has 6 nitrogen and oxygen atoms in total. The molecule has 1 atom stereocenters. The standard InChI is InChI=1S/C17H27N3O3/c1-17(16-18-14(11-22-2)23-19-16)8-5-9-20(12-17)15(21)10-13-6-3-4-7-13/h13H,3-12H2,1-2H3. The van der Waals surface area contributed by atoms with E-state index in [1.54, 1.807) is 7.11 Å². The Morgan fingerprint density at radius 3 is 2.91 bits per heavy atom. The van der Waals surface area contributed by atoms with Gasteiger partial charge in [0.1, 0.15) is 6.61 Å². The van der Waals surface area contributed by atoms with Crippen LogP contribution in [0.4, 0.5) is 0 Å². The summed E-state index contributed by atoms with van der Waals surface area (Å²) in [5.74, 6) is 2.08. The van der Waals surface area contributed by atoms with Gasteiger partial charge in [0, 0.05) is 32.0 Å². The highest BCUT2D eigenvalue weighted by atomic mass is 16.5. The molecule has 1 aliphatic carbocycles. The second-order valence-corrected chi connectivity index (χ2v) is 7.28. The van der Waals surface area contributed by atoms with Gasteiger partial charge in [-0.2, -0.15) is 4.98 Å². The van der Waals surface area contributed by atoms with Crippen LogP contribution in [0.5, 0.6) is 0 Å².